The van der Waals surface area contributed by atoms with Crippen molar-refractivity contribution in [1.29, 1.82) is 0 Å². The lowest BCUT2D eigenvalue weighted by Crippen LogP contribution is -2.50. The molecule has 0 bridgehead atoms. The van der Waals surface area contributed by atoms with Crippen LogP contribution in [0.3, 0.4) is 0 Å². The zero-order valence-electron chi connectivity index (χ0n) is 15.4. The van der Waals surface area contributed by atoms with Crippen molar-refractivity contribution in [2.45, 2.75) is 20.0 Å². The molecule has 0 spiro atoms. The minimum absolute atomic E-state index is 0.0780. The molecule has 0 unspecified atom stereocenters. The van der Waals surface area contributed by atoms with E-state index in [1.807, 2.05) is 13.8 Å². The number of amides is 2. The summed E-state index contributed by atoms with van der Waals surface area (Å²) in [5, 5.41) is 0. The Balaban J connectivity index is 1.61. The van der Waals surface area contributed by atoms with E-state index in [-0.39, 0.29) is 29.2 Å². The third-order valence-electron chi connectivity index (χ3n) is 4.32. The molecule has 2 heterocycles. The van der Waals surface area contributed by atoms with Crippen molar-refractivity contribution in [3.8, 4) is 5.75 Å². The largest absolute Gasteiger partial charge is 0.488 e. The van der Waals surface area contributed by atoms with Crippen LogP contribution in [0.5, 0.6) is 5.75 Å². The zero-order valence-corrected chi connectivity index (χ0v) is 15.4. The number of pyridine rings is 1. The fourth-order valence-electron chi connectivity index (χ4n) is 2.96. The van der Waals surface area contributed by atoms with Crippen molar-refractivity contribution in [2.75, 3.05) is 26.2 Å². The standard InChI is InChI=1S/C20H22FN3O3/c1-14(2)27-18-4-3-16(13-17(18)21)20(26)24-11-9-23(10-12-24)19(25)15-5-7-22-8-6-15/h3-8,13-14H,9-12H2,1-2H3. The van der Waals surface area contributed by atoms with Crippen LogP contribution >= 0.6 is 0 Å². The summed E-state index contributed by atoms with van der Waals surface area (Å²) in [6.07, 6.45) is 3.01. The number of halogens is 1. The lowest BCUT2D eigenvalue weighted by Gasteiger charge is -2.34. The third-order valence-corrected chi connectivity index (χ3v) is 4.32. The van der Waals surface area contributed by atoms with Crippen LogP contribution in [0, 0.1) is 5.82 Å². The molecule has 1 fully saturated rings. The van der Waals surface area contributed by atoms with Crippen LogP contribution < -0.4 is 4.74 Å². The van der Waals surface area contributed by atoms with Crippen molar-refractivity contribution in [3.05, 3.63) is 59.7 Å². The average molecular weight is 371 g/mol. The summed E-state index contributed by atoms with van der Waals surface area (Å²) in [7, 11) is 0. The van der Waals surface area contributed by atoms with E-state index >= 15 is 0 Å². The number of nitrogens with zero attached hydrogens (tertiary/aromatic N) is 3. The molecule has 1 aromatic heterocycles. The molecule has 0 N–H and O–H groups in total. The van der Waals surface area contributed by atoms with Gasteiger partial charge >= 0.3 is 0 Å². The van der Waals surface area contributed by atoms with Gasteiger partial charge in [-0.15, -0.1) is 0 Å². The molecule has 7 heteroatoms. The van der Waals surface area contributed by atoms with E-state index in [1.54, 1.807) is 40.4 Å². The van der Waals surface area contributed by atoms with Gasteiger partial charge in [-0.3, -0.25) is 14.6 Å². The molecule has 1 saturated heterocycles. The van der Waals surface area contributed by atoms with Crippen LogP contribution in [0.1, 0.15) is 34.6 Å². The zero-order chi connectivity index (χ0) is 19.4. The molecule has 6 nitrogen and oxygen atoms in total. The number of hydrogen-bond donors (Lipinski definition) is 0. The predicted octanol–water partition coefficient (Wildman–Crippen LogP) is 2.61. The number of carbonyl (C=O) groups is 2. The van der Waals surface area contributed by atoms with Crippen LogP contribution in [-0.2, 0) is 0 Å². The summed E-state index contributed by atoms with van der Waals surface area (Å²) in [5.74, 6) is -0.748. The van der Waals surface area contributed by atoms with Gasteiger partial charge in [0.2, 0.25) is 0 Å². The Morgan fingerprint density at radius 3 is 2.04 bits per heavy atom. The first kappa shape index (κ1) is 18.8. The summed E-state index contributed by atoms with van der Waals surface area (Å²) in [5.41, 5.74) is 0.852. The second kappa shape index (κ2) is 8.16. The van der Waals surface area contributed by atoms with Crippen molar-refractivity contribution in [1.82, 2.24) is 14.8 Å². The summed E-state index contributed by atoms with van der Waals surface area (Å²) in [6.45, 7) is 5.30. The molecule has 1 aliphatic heterocycles. The van der Waals surface area contributed by atoms with Gasteiger partial charge < -0.3 is 14.5 Å². The normalized spacial score (nSPS) is 14.4. The van der Waals surface area contributed by atoms with Gasteiger partial charge in [0.05, 0.1) is 6.10 Å². The van der Waals surface area contributed by atoms with E-state index in [0.29, 0.717) is 31.7 Å². The van der Waals surface area contributed by atoms with Crippen molar-refractivity contribution in [3.63, 3.8) is 0 Å². The quantitative estimate of drug-likeness (QED) is 0.829. The number of aromatic nitrogens is 1. The second-order valence-corrected chi connectivity index (χ2v) is 6.63. The number of hydrogen-bond acceptors (Lipinski definition) is 4. The Labute approximate surface area is 157 Å². The van der Waals surface area contributed by atoms with E-state index in [4.69, 9.17) is 4.74 Å². The van der Waals surface area contributed by atoms with Gasteiger partial charge in [0.1, 0.15) is 0 Å². The number of benzene rings is 1. The van der Waals surface area contributed by atoms with Crippen molar-refractivity contribution in [2.24, 2.45) is 0 Å². The van der Waals surface area contributed by atoms with E-state index in [0.717, 1.165) is 0 Å². The Morgan fingerprint density at radius 2 is 1.52 bits per heavy atom. The van der Waals surface area contributed by atoms with Crippen LogP contribution in [0.25, 0.3) is 0 Å². The van der Waals surface area contributed by atoms with Gasteiger partial charge in [-0.05, 0) is 44.2 Å². The van der Waals surface area contributed by atoms with E-state index < -0.39 is 5.82 Å². The molecule has 0 aliphatic carbocycles. The summed E-state index contributed by atoms with van der Waals surface area (Å²) in [4.78, 5) is 32.3. The maximum Gasteiger partial charge on any atom is 0.254 e. The number of ether oxygens (including phenoxy) is 1. The monoisotopic (exact) mass is 371 g/mol. The minimum Gasteiger partial charge on any atom is -0.488 e. The lowest BCUT2D eigenvalue weighted by molar-refractivity contribution is 0.0535. The highest BCUT2D eigenvalue weighted by molar-refractivity contribution is 5.96. The molecule has 2 amide bonds. The van der Waals surface area contributed by atoms with Gasteiger partial charge in [-0.25, -0.2) is 4.39 Å². The fourth-order valence-corrected chi connectivity index (χ4v) is 2.96. The summed E-state index contributed by atoms with van der Waals surface area (Å²) >= 11 is 0. The maximum atomic E-state index is 14.1. The number of piperazine rings is 1. The Morgan fingerprint density at radius 1 is 0.963 bits per heavy atom. The second-order valence-electron chi connectivity index (χ2n) is 6.63. The predicted molar refractivity (Wildman–Crippen MR) is 98.2 cm³/mol. The van der Waals surface area contributed by atoms with Gasteiger partial charge in [0.15, 0.2) is 11.6 Å². The molecule has 1 aliphatic rings. The van der Waals surface area contributed by atoms with E-state index in [2.05, 4.69) is 4.98 Å². The Kier molecular flexibility index (Phi) is 5.69. The molecular formula is C20H22FN3O3. The number of carbonyl (C=O) groups excluding carboxylic acids is 2. The highest BCUT2D eigenvalue weighted by Gasteiger charge is 2.26. The van der Waals surface area contributed by atoms with Crippen LogP contribution in [0.2, 0.25) is 0 Å². The first-order valence-electron chi connectivity index (χ1n) is 8.90. The van der Waals surface area contributed by atoms with Gasteiger partial charge in [0.25, 0.3) is 11.8 Å². The first-order chi connectivity index (χ1) is 13.0. The van der Waals surface area contributed by atoms with Gasteiger partial charge in [0, 0.05) is 49.7 Å². The highest BCUT2D eigenvalue weighted by atomic mass is 19.1. The molecule has 1 aromatic carbocycles. The molecule has 142 valence electrons. The van der Waals surface area contributed by atoms with Gasteiger partial charge in [-0.2, -0.15) is 0 Å². The molecular weight excluding hydrogens is 349 g/mol. The molecule has 3 rings (SSSR count). The molecule has 0 radical (unpaired) electrons. The Bertz CT molecular complexity index is 818. The van der Waals surface area contributed by atoms with Crippen LogP contribution in [-0.4, -0.2) is 58.9 Å². The summed E-state index contributed by atoms with van der Waals surface area (Å²) in [6, 6.07) is 7.59. The maximum absolute atomic E-state index is 14.1. The minimum atomic E-state index is -0.555. The number of rotatable bonds is 4. The highest BCUT2D eigenvalue weighted by Crippen LogP contribution is 2.21. The van der Waals surface area contributed by atoms with Crippen molar-refractivity contribution < 1.29 is 18.7 Å². The topological polar surface area (TPSA) is 62.7 Å². The van der Waals surface area contributed by atoms with Gasteiger partial charge in [-0.1, -0.05) is 0 Å². The van der Waals surface area contributed by atoms with E-state index in [1.165, 1.54) is 12.1 Å². The van der Waals surface area contributed by atoms with Crippen LogP contribution in [0.4, 0.5) is 4.39 Å². The Hall–Kier alpha value is -2.96. The van der Waals surface area contributed by atoms with Crippen molar-refractivity contribution >= 4 is 11.8 Å². The molecule has 27 heavy (non-hydrogen) atoms. The lowest BCUT2D eigenvalue weighted by atomic mass is 10.1. The molecule has 0 atom stereocenters. The molecule has 0 saturated carbocycles. The third kappa shape index (κ3) is 4.42. The summed E-state index contributed by atoms with van der Waals surface area (Å²) < 4.78 is 19.5. The SMILES string of the molecule is CC(C)Oc1ccc(C(=O)N2CCN(C(=O)c3ccncc3)CC2)cc1F. The first-order valence-corrected chi connectivity index (χ1v) is 8.90. The van der Waals surface area contributed by atoms with E-state index in [9.17, 15) is 14.0 Å². The smallest absolute Gasteiger partial charge is 0.254 e. The fraction of sp³-hybridized carbons (Fsp3) is 0.350. The van der Waals surface area contributed by atoms with Crippen LogP contribution in [0.15, 0.2) is 42.7 Å². The average Bonchev–Trinajstić information content (AvgIpc) is 2.69. The molecule has 2 aromatic rings.